The molecule has 0 aliphatic carbocycles. The quantitative estimate of drug-likeness (QED) is 0.666. The van der Waals surface area contributed by atoms with Crippen molar-refractivity contribution >= 4 is 15.9 Å². The van der Waals surface area contributed by atoms with Crippen molar-refractivity contribution in [2.45, 2.75) is 0 Å². The summed E-state index contributed by atoms with van der Waals surface area (Å²) in [6.07, 6.45) is 4.66. The smallest absolute Gasteiger partial charge is 0.268 e. The van der Waals surface area contributed by atoms with E-state index in [1.165, 1.54) is 23.0 Å². The second-order valence-corrected chi connectivity index (χ2v) is 4.54. The van der Waals surface area contributed by atoms with E-state index in [9.17, 15) is 9.59 Å². The Morgan fingerprint density at radius 3 is 2.38 bits per heavy atom. The lowest BCUT2D eigenvalue weighted by atomic mass is 10.4. The van der Waals surface area contributed by atoms with E-state index >= 15 is 0 Å². The fraction of sp³-hybridized carbons (Fsp3) is 0. The highest BCUT2D eigenvalue weighted by molar-refractivity contribution is 9.10. The Kier molecular flexibility index (Phi) is 5.10. The molecule has 0 aromatic carbocycles. The summed E-state index contributed by atoms with van der Waals surface area (Å²) in [5, 5.41) is 9.60. The van der Waals surface area contributed by atoms with Crippen molar-refractivity contribution in [1.29, 1.82) is 0 Å². The molecule has 0 saturated carbocycles. The molecule has 0 amide bonds. The molecule has 106 valence electrons. The van der Waals surface area contributed by atoms with Crippen LogP contribution >= 0.6 is 15.9 Å². The van der Waals surface area contributed by atoms with E-state index in [1.807, 2.05) is 0 Å². The molecule has 3 aromatic heterocycles. The SMILES string of the molecule is O=c1cccn[nH]1.O=c1cccnn1-c1ccc(Br)nc1. The van der Waals surface area contributed by atoms with Gasteiger partial charge in [-0.15, -0.1) is 0 Å². The fourth-order valence-corrected chi connectivity index (χ4v) is 1.59. The van der Waals surface area contributed by atoms with Gasteiger partial charge in [-0.1, -0.05) is 0 Å². The van der Waals surface area contributed by atoms with E-state index in [1.54, 1.807) is 36.7 Å². The Morgan fingerprint density at radius 1 is 1.05 bits per heavy atom. The van der Waals surface area contributed by atoms with Gasteiger partial charge in [0.1, 0.15) is 4.60 Å². The summed E-state index contributed by atoms with van der Waals surface area (Å²) in [6.45, 7) is 0. The summed E-state index contributed by atoms with van der Waals surface area (Å²) in [5.74, 6) is 0. The van der Waals surface area contributed by atoms with E-state index in [2.05, 4.69) is 36.2 Å². The van der Waals surface area contributed by atoms with Crippen LogP contribution < -0.4 is 11.1 Å². The van der Waals surface area contributed by atoms with E-state index < -0.39 is 0 Å². The molecule has 0 fully saturated rings. The Labute approximate surface area is 127 Å². The Balaban J connectivity index is 0.000000194. The standard InChI is InChI=1S/C9H6BrN3O.C4H4N2O/c10-8-4-3-7(6-11-8)13-9(14)2-1-5-12-13;7-4-2-1-3-5-6-4/h1-6H;1-3H,(H,6,7). The van der Waals surface area contributed by atoms with Gasteiger partial charge in [0.2, 0.25) is 0 Å². The maximum atomic E-state index is 11.4. The Morgan fingerprint density at radius 2 is 1.86 bits per heavy atom. The van der Waals surface area contributed by atoms with Gasteiger partial charge in [0.15, 0.2) is 0 Å². The summed E-state index contributed by atoms with van der Waals surface area (Å²) in [4.78, 5) is 25.5. The number of nitrogens with one attached hydrogen (secondary N) is 1. The number of H-pyrrole nitrogens is 1. The van der Waals surface area contributed by atoms with Crippen LogP contribution in [-0.4, -0.2) is 25.0 Å². The lowest BCUT2D eigenvalue weighted by Gasteiger charge is -2.01. The molecule has 0 radical (unpaired) electrons. The molecule has 8 heteroatoms. The number of hydrogen-bond donors (Lipinski definition) is 1. The number of hydrogen-bond acceptors (Lipinski definition) is 5. The molecule has 0 saturated heterocycles. The first-order chi connectivity index (χ1) is 10.2. The molecule has 0 aliphatic rings. The van der Waals surface area contributed by atoms with Crippen LogP contribution in [0.3, 0.4) is 0 Å². The summed E-state index contributed by atoms with van der Waals surface area (Å²) in [7, 11) is 0. The van der Waals surface area contributed by atoms with Crippen molar-refractivity contribution in [2.24, 2.45) is 0 Å². The van der Waals surface area contributed by atoms with Crippen molar-refractivity contribution < 1.29 is 0 Å². The molecule has 0 unspecified atom stereocenters. The molecule has 1 N–H and O–H groups in total. The van der Waals surface area contributed by atoms with Crippen LogP contribution in [0.25, 0.3) is 5.69 Å². The average Bonchev–Trinajstić information content (AvgIpc) is 2.50. The molecular formula is C13H10BrN5O2. The van der Waals surface area contributed by atoms with Crippen LogP contribution in [0.1, 0.15) is 0 Å². The van der Waals surface area contributed by atoms with Crippen molar-refractivity contribution in [2.75, 3.05) is 0 Å². The van der Waals surface area contributed by atoms with Gasteiger partial charge >= 0.3 is 0 Å². The van der Waals surface area contributed by atoms with Crippen LogP contribution in [0.5, 0.6) is 0 Å². The van der Waals surface area contributed by atoms with Gasteiger partial charge in [0.25, 0.3) is 11.1 Å². The molecule has 0 aliphatic heterocycles. The number of pyridine rings is 1. The minimum absolute atomic E-state index is 0.164. The third-order valence-corrected chi connectivity index (χ3v) is 2.72. The summed E-state index contributed by atoms with van der Waals surface area (Å²) in [6, 6.07) is 9.58. The van der Waals surface area contributed by atoms with Crippen LogP contribution in [0.2, 0.25) is 0 Å². The van der Waals surface area contributed by atoms with Gasteiger partial charge in [-0.05, 0) is 40.2 Å². The predicted octanol–water partition coefficient (Wildman–Crippen LogP) is 1.16. The lowest BCUT2D eigenvalue weighted by Crippen LogP contribution is -2.19. The number of aromatic nitrogens is 5. The molecule has 21 heavy (non-hydrogen) atoms. The average molecular weight is 348 g/mol. The second-order valence-electron chi connectivity index (χ2n) is 3.73. The van der Waals surface area contributed by atoms with Gasteiger partial charge in [-0.25, -0.2) is 10.1 Å². The predicted molar refractivity (Wildman–Crippen MR) is 80.2 cm³/mol. The van der Waals surface area contributed by atoms with Crippen molar-refractivity contribution in [3.8, 4) is 5.69 Å². The number of nitrogens with zero attached hydrogens (tertiary/aromatic N) is 4. The Bertz CT molecular complexity index is 796. The van der Waals surface area contributed by atoms with Crippen LogP contribution in [0.15, 0.2) is 69.2 Å². The third-order valence-electron chi connectivity index (χ3n) is 2.26. The molecule has 0 atom stereocenters. The maximum absolute atomic E-state index is 11.4. The Hall–Kier alpha value is -2.61. The first-order valence-electron chi connectivity index (χ1n) is 5.83. The zero-order chi connectivity index (χ0) is 15.1. The zero-order valence-electron chi connectivity index (χ0n) is 10.7. The monoisotopic (exact) mass is 347 g/mol. The molecule has 3 heterocycles. The minimum atomic E-state index is -0.170. The fourth-order valence-electron chi connectivity index (χ4n) is 1.36. The molecular weight excluding hydrogens is 338 g/mol. The largest absolute Gasteiger partial charge is 0.271 e. The highest BCUT2D eigenvalue weighted by Crippen LogP contribution is 2.07. The van der Waals surface area contributed by atoms with Gasteiger partial charge in [0.05, 0.1) is 11.9 Å². The van der Waals surface area contributed by atoms with Gasteiger partial charge in [-0.3, -0.25) is 9.59 Å². The summed E-state index contributed by atoms with van der Waals surface area (Å²) < 4.78 is 2.02. The van der Waals surface area contributed by atoms with Crippen LogP contribution in [0.4, 0.5) is 0 Å². The first kappa shape index (κ1) is 14.8. The molecule has 3 rings (SSSR count). The maximum Gasteiger partial charge on any atom is 0.271 e. The van der Waals surface area contributed by atoms with E-state index in [4.69, 9.17) is 0 Å². The first-order valence-corrected chi connectivity index (χ1v) is 6.62. The van der Waals surface area contributed by atoms with Crippen molar-refractivity contribution in [3.05, 3.63) is 80.3 Å². The summed E-state index contributed by atoms with van der Waals surface area (Å²) in [5.41, 5.74) is 0.318. The number of rotatable bonds is 1. The van der Waals surface area contributed by atoms with E-state index in [-0.39, 0.29) is 11.1 Å². The minimum Gasteiger partial charge on any atom is -0.268 e. The molecule has 3 aromatic rings. The topological polar surface area (TPSA) is 93.5 Å². The van der Waals surface area contributed by atoms with Gasteiger partial charge in [0, 0.05) is 24.5 Å². The summed E-state index contributed by atoms with van der Waals surface area (Å²) >= 11 is 3.22. The molecule has 0 bridgehead atoms. The molecule has 0 spiro atoms. The van der Waals surface area contributed by atoms with Crippen LogP contribution in [-0.2, 0) is 0 Å². The normalized spacial score (nSPS) is 9.57. The van der Waals surface area contributed by atoms with Crippen molar-refractivity contribution in [3.63, 3.8) is 0 Å². The van der Waals surface area contributed by atoms with Crippen molar-refractivity contribution in [1.82, 2.24) is 25.0 Å². The van der Waals surface area contributed by atoms with E-state index in [0.717, 1.165) is 4.60 Å². The number of aromatic amines is 1. The lowest BCUT2D eigenvalue weighted by molar-refractivity contribution is 0.801. The molecule has 7 nitrogen and oxygen atoms in total. The second kappa shape index (κ2) is 7.25. The highest BCUT2D eigenvalue weighted by atomic mass is 79.9. The van der Waals surface area contributed by atoms with E-state index in [0.29, 0.717) is 5.69 Å². The van der Waals surface area contributed by atoms with Gasteiger partial charge < -0.3 is 0 Å². The van der Waals surface area contributed by atoms with Gasteiger partial charge in [-0.2, -0.15) is 14.9 Å². The highest BCUT2D eigenvalue weighted by Gasteiger charge is 1.99. The van der Waals surface area contributed by atoms with Crippen LogP contribution in [0, 0.1) is 0 Å². The third kappa shape index (κ3) is 4.46. The number of halogens is 1. The zero-order valence-corrected chi connectivity index (χ0v) is 12.3.